The fraction of sp³-hybridized carbons (Fsp3) is 0.435. The summed E-state index contributed by atoms with van der Waals surface area (Å²) in [4.78, 5) is 52.6. The average molecular weight is 1960 g/mol. The molecule has 3 atom stereocenters. The summed E-state index contributed by atoms with van der Waals surface area (Å²) in [6.07, 6.45) is 1.53. The highest BCUT2D eigenvalue weighted by atomic mass is 35.5. The Bertz CT molecular complexity index is 5200. The first-order valence-electron chi connectivity index (χ1n) is 42.2. The number of fused-ring (bicyclic) bond motifs is 3. The molecule has 0 bridgehead atoms. The molecule has 7 N–H and O–H groups in total. The molecule has 8 aromatic rings. The molecule has 28 nitrogen and oxygen atoms in total. The number of halogens is 6. The third-order valence-corrected chi connectivity index (χ3v) is 27.1. The van der Waals surface area contributed by atoms with Gasteiger partial charge in [-0.05, 0) is 207 Å². The number of carboxylic acids is 2. The number of hydrogen-bond donors (Lipinski definition) is 6. The summed E-state index contributed by atoms with van der Waals surface area (Å²) < 4.78 is 130. The third-order valence-electron chi connectivity index (χ3n) is 20.7. The minimum atomic E-state index is -3.71. The van der Waals surface area contributed by atoms with Gasteiger partial charge in [0.05, 0.1) is 124 Å². The van der Waals surface area contributed by atoms with Crippen molar-refractivity contribution in [2.75, 3.05) is 192 Å². The number of nitrogens with zero attached hydrogens (tertiary/aromatic N) is 3. The van der Waals surface area contributed by atoms with Crippen LogP contribution in [0.15, 0.2) is 172 Å². The number of carbonyl (C=O) groups excluding carboxylic acids is 2. The monoisotopic (exact) mass is 1960 g/mol. The van der Waals surface area contributed by atoms with Crippen LogP contribution in [0.4, 0.5) is 0 Å². The van der Waals surface area contributed by atoms with Gasteiger partial charge in [-0.15, -0.1) is 0 Å². The highest BCUT2D eigenvalue weighted by Gasteiger charge is 2.32. The highest BCUT2D eigenvalue weighted by Crippen LogP contribution is 2.42. The Morgan fingerprint density at radius 3 is 1.06 bits per heavy atom. The number of amides is 1. The lowest BCUT2D eigenvalue weighted by molar-refractivity contribution is 0.0162. The molecule has 129 heavy (non-hydrogen) atoms. The normalized spacial score (nSPS) is 15.2. The van der Waals surface area contributed by atoms with Crippen molar-refractivity contribution >= 4 is 123 Å². The molecule has 0 aliphatic carbocycles. The molecule has 8 aromatic carbocycles. The smallest absolute Gasteiger partial charge is 0.335 e. The number of aromatic carboxylic acids is 2. The van der Waals surface area contributed by atoms with Crippen molar-refractivity contribution in [3.8, 4) is 0 Å². The molecule has 0 fully saturated rings. The first-order chi connectivity index (χ1) is 61.8. The molecule has 3 aliphatic heterocycles. The molecule has 0 unspecified atom stereocenters. The van der Waals surface area contributed by atoms with Gasteiger partial charge >= 0.3 is 11.9 Å². The number of ether oxygens (including phenoxy) is 9. The third kappa shape index (κ3) is 35.3. The van der Waals surface area contributed by atoms with Gasteiger partial charge in [-0.2, -0.15) is 0 Å². The molecule has 1 amide bonds. The molecule has 37 heteroatoms. The number of sulfone groups is 1. The maximum absolute atomic E-state index is 12.8. The number of benzene rings is 8. The Hall–Kier alpha value is -7.17. The van der Waals surface area contributed by atoms with Crippen molar-refractivity contribution in [2.45, 2.75) is 85.2 Å². The maximum Gasteiger partial charge on any atom is 0.335 e. The van der Waals surface area contributed by atoms with Crippen molar-refractivity contribution < 1.29 is 97.3 Å². The average Bonchev–Trinajstić information content (AvgIpc) is 0.781. The number of hydrogen-bond acceptors (Lipinski definition) is 23. The number of nitrogens with two attached hydrogens (primary N) is 1. The van der Waals surface area contributed by atoms with Gasteiger partial charge in [0.2, 0.25) is 20.0 Å². The Morgan fingerprint density at radius 1 is 0.388 bits per heavy atom. The lowest BCUT2D eigenvalue weighted by Crippen LogP contribution is -2.31. The lowest BCUT2D eigenvalue weighted by atomic mass is 9.85. The second-order valence-electron chi connectivity index (χ2n) is 30.3. The molecular formula is C92H115Cl6N7O21S3. The first kappa shape index (κ1) is 107. The largest absolute Gasteiger partial charge is 0.478 e. The molecule has 0 saturated carbocycles. The van der Waals surface area contributed by atoms with Crippen LogP contribution in [0.3, 0.4) is 0 Å². The van der Waals surface area contributed by atoms with E-state index in [-0.39, 0.29) is 82.4 Å². The van der Waals surface area contributed by atoms with Crippen molar-refractivity contribution in [3.05, 3.63) is 260 Å². The fourth-order valence-electron chi connectivity index (χ4n) is 14.2. The molecular weight excluding hydrogens is 1850 g/mol. The van der Waals surface area contributed by atoms with Crippen LogP contribution in [0, 0.1) is 0 Å². The molecule has 3 aliphatic rings. The van der Waals surface area contributed by atoms with E-state index >= 15 is 0 Å². The lowest BCUT2D eigenvalue weighted by Gasteiger charge is -2.33. The molecule has 0 spiro atoms. The summed E-state index contributed by atoms with van der Waals surface area (Å²) in [5.74, 6) is -2.13. The SMILES string of the molecule is CCOCCCC(=O)c1ccc(C(=O)NCCOCCOCCOCCNS(=O)(=O)c2ccc([C@@H]3CN(C)Cc4c(Cl)cc(Cl)cc43)cc2)cc1.CCOCCOCCCS(=O)(=O)c1ccc([C@@H]2CN(C)Cc3c(Cl)cc(Cl)cc32)cc1.CN1Cc2c(Cl)cc(Cl)cc2[C@H](c2ccc(S(=O)(=O)NCCOCCOCCOCCN)cc2)C1.O=C(O)c1ccc(C(=O)O)cc1. The van der Waals surface area contributed by atoms with E-state index in [2.05, 4.69) is 36.5 Å². The predicted molar refractivity (Wildman–Crippen MR) is 501 cm³/mol. The van der Waals surface area contributed by atoms with Crippen LogP contribution in [0.5, 0.6) is 0 Å². The van der Waals surface area contributed by atoms with Crippen LogP contribution < -0.4 is 20.5 Å². The van der Waals surface area contributed by atoms with Crippen molar-refractivity contribution in [1.82, 2.24) is 29.5 Å². The van der Waals surface area contributed by atoms with Gasteiger partial charge in [0, 0.05) is 157 Å². The zero-order valence-electron chi connectivity index (χ0n) is 72.9. The summed E-state index contributed by atoms with van der Waals surface area (Å²) in [5, 5.41) is 23.5. The number of ketones is 1. The van der Waals surface area contributed by atoms with Crippen molar-refractivity contribution in [1.29, 1.82) is 0 Å². The van der Waals surface area contributed by atoms with Gasteiger partial charge < -0.3 is 78.6 Å². The molecule has 0 saturated heterocycles. The van der Waals surface area contributed by atoms with Crippen LogP contribution in [0.1, 0.15) is 142 Å². The van der Waals surface area contributed by atoms with Gasteiger partial charge in [0.25, 0.3) is 5.91 Å². The summed E-state index contributed by atoms with van der Waals surface area (Å²) in [5.41, 5.74) is 16.0. The number of rotatable bonds is 48. The second kappa shape index (κ2) is 55.5. The predicted octanol–water partition coefficient (Wildman–Crippen LogP) is 14.1. The van der Waals surface area contributed by atoms with Gasteiger partial charge in [-0.3, -0.25) is 9.59 Å². The zero-order valence-corrected chi connectivity index (χ0v) is 79.9. The van der Waals surface area contributed by atoms with Gasteiger partial charge in [0.15, 0.2) is 15.6 Å². The van der Waals surface area contributed by atoms with Gasteiger partial charge in [0.1, 0.15) is 0 Å². The van der Waals surface area contributed by atoms with Crippen LogP contribution in [-0.2, 0) is 92.1 Å². The first-order valence-corrected chi connectivity index (χ1v) is 49.1. The van der Waals surface area contributed by atoms with Crippen LogP contribution in [0.25, 0.3) is 0 Å². The Balaban J connectivity index is 0.000000230. The van der Waals surface area contributed by atoms with Crippen LogP contribution >= 0.6 is 69.6 Å². The summed E-state index contributed by atoms with van der Waals surface area (Å²) in [6.45, 7) is 17.1. The highest BCUT2D eigenvalue weighted by molar-refractivity contribution is 7.91. The minimum absolute atomic E-state index is 0.0194. The molecule has 3 heterocycles. The Kier molecular flexibility index (Phi) is 46.1. The van der Waals surface area contributed by atoms with E-state index in [1.165, 1.54) is 24.3 Å². The van der Waals surface area contributed by atoms with E-state index < -0.39 is 41.8 Å². The van der Waals surface area contributed by atoms with Crippen molar-refractivity contribution in [2.24, 2.45) is 5.73 Å². The van der Waals surface area contributed by atoms with E-state index in [0.29, 0.717) is 184 Å². The van der Waals surface area contributed by atoms with Gasteiger partial charge in [-0.25, -0.2) is 44.3 Å². The maximum atomic E-state index is 12.8. The summed E-state index contributed by atoms with van der Waals surface area (Å²) >= 11 is 38.2. The number of carbonyl (C=O) groups is 4. The van der Waals surface area contributed by atoms with E-state index in [9.17, 15) is 44.4 Å². The number of sulfonamides is 2. The second-order valence-corrected chi connectivity index (χ2v) is 38.5. The summed E-state index contributed by atoms with van der Waals surface area (Å²) in [7, 11) is -4.59. The Morgan fingerprint density at radius 2 is 0.698 bits per heavy atom. The number of likely N-dealkylation sites (N-methyl/N-ethyl adjacent to an activating group) is 3. The number of Topliss-reactive ketones (excluding diaryl/α,β-unsaturated/α-hetero) is 1. The van der Waals surface area contributed by atoms with Crippen molar-refractivity contribution in [3.63, 3.8) is 0 Å². The van der Waals surface area contributed by atoms with E-state index in [0.717, 1.165) is 89.3 Å². The number of carboxylic acid groups (broad SMARTS) is 2. The molecule has 0 radical (unpaired) electrons. The van der Waals surface area contributed by atoms with E-state index in [1.807, 2.05) is 82.5 Å². The minimum Gasteiger partial charge on any atom is -0.478 e. The molecule has 0 aromatic heterocycles. The van der Waals surface area contributed by atoms with Crippen LogP contribution in [0.2, 0.25) is 30.1 Å². The van der Waals surface area contributed by atoms with Gasteiger partial charge in [-0.1, -0.05) is 118 Å². The summed E-state index contributed by atoms with van der Waals surface area (Å²) in [6, 6.07) is 43.8. The molecule has 11 rings (SSSR count). The van der Waals surface area contributed by atoms with Crippen LogP contribution in [-0.4, -0.2) is 265 Å². The van der Waals surface area contributed by atoms with E-state index in [4.69, 9.17) is 128 Å². The Labute approximate surface area is 786 Å². The zero-order chi connectivity index (χ0) is 93.5. The molecule has 704 valence electrons. The topological polar surface area (TPSA) is 366 Å². The van der Waals surface area contributed by atoms with E-state index in [1.54, 1.807) is 78.9 Å². The standard InChI is InChI=1S/C37H47Cl2N3O8S.C24H33Cl2N3O5S.C23H29Cl2NO4S.C8H6O4/c1-3-47-16-4-5-36(43)28-6-8-29(9-7-28)37(44)40-14-17-48-19-21-50-22-20-49-18-15-41-51(45,46)31-12-10-27(11-13-31)33-25-42(2)26-34-32(33)23-30(38)24-35(34)39;1-29-16-22(21-14-19(25)15-24(26)23(21)17-29)18-2-4-20(5-3-18)35(30,31)28-7-9-33-11-13-34-12-10-32-8-6-27;1-3-29-10-11-30-9-4-12-31(27,28)19-7-5-17(6-8-19)21-15-26(2)16-22-20(21)13-18(24)14-23(22)25;9-7(10)5-1-2-6(4-3-5)8(11)12/h6-13,23-24,33,41H,3-5,14-22,25-26H2,1-2H3,(H,40,44);2-5,14-15,22,28H,6-13,16-17,27H2,1H3;5-8,13-14,21H,3-4,9-12,15-16H2,1-2H3;1-4H,(H,9,10)(H,11,12)/t33-;22-;21-;/m000./s1. The quantitative estimate of drug-likeness (QED) is 0.0152. The number of nitrogens with one attached hydrogen (secondary N) is 3. The fourth-order valence-corrected chi connectivity index (χ4v) is 19.3.